The highest BCUT2D eigenvalue weighted by atomic mass is 32.2. The number of para-hydroxylation sites is 1. The summed E-state index contributed by atoms with van der Waals surface area (Å²) in [6.45, 7) is -13.2. The largest absolute Gasteiger partial charge is 0.416 e. The Morgan fingerprint density at radius 2 is 1.07 bits per heavy atom. The molecule has 550 valence electrons. The molecule has 2 saturated heterocycles. The number of halogens is 10. The Morgan fingerprint density at radius 3 is 1.66 bits per heavy atom. The van der Waals surface area contributed by atoms with Crippen LogP contribution in [0.5, 0.6) is 0 Å². The summed E-state index contributed by atoms with van der Waals surface area (Å²) >= 11 is 0.963. The summed E-state index contributed by atoms with van der Waals surface area (Å²) in [7, 11) is -6.16. The van der Waals surface area contributed by atoms with Crippen molar-refractivity contribution in [1.29, 1.82) is 0 Å². The Kier molecular flexibility index (Phi) is 15.8. The van der Waals surface area contributed by atoms with Gasteiger partial charge in [-0.25, -0.2) is 17.6 Å². The Bertz CT molecular complexity index is 6280. The first-order valence-corrected chi connectivity index (χ1v) is 33.9. The van der Waals surface area contributed by atoms with Crippen molar-refractivity contribution in [3.8, 4) is 22.3 Å². The Hall–Kier alpha value is -9.04. The van der Waals surface area contributed by atoms with E-state index in [4.69, 9.17) is 34.3 Å². The maximum atomic E-state index is 15.4. The number of aromatic nitrogens is 2. The fourth-order valence-corrected chi connectivity index (χ4v) is 13.4. The summed E-state index contributed by atoms with van der Waals surface area (Å²) < 4.78 is 393. The van der Waals surface area contributed by atoms with Gasteiger partial charge in [-0.05, 0) is 127 Å². The summed E-state index contributed by atoms with van der Waals surface area (Å²) in [5.74, 6) is -9.85. The molecule has 2 aromatic heterocycles. The van der Waals surface area contributed by atoms with E-state index in [0.717, 1.165) is 47.5 Å². The van der Waals surface area contributed by atoms with Gasteiger partial charge in [0.15, 0.2) is 34.1 Å². The molecule has 0 aliphatic carbocycles. The molecule has 10 aromatic rings. The number of likely N-dealkylation sites (tertiary alicyclic amines) is 2. The molecule has 0 atom stereocenters. The maximum absolute atomic E-state index is 15.4. The number of methoxy groups -OCH3 is 2. The Labute approximate surface area is 650 Å². The van der Waals surface area contributed by atoms with E-state index in [1.165, 1.54) is 46.2 Å². The number of hydrogen-bond acceptors (Lipinski definition) is 10. The standard InChI is InChI=1S/C41H40F5N3O3S.C40H38F5N3O3S/c1-27-6-15-36-34(22-27)37(50)23-39(53-26-31-4-3-5-35(42)40(31)43)49(36)25-38(51)48(33-16-18-47(19-17-33)20-21-52-2)24-28-7-9-29(10-8-28)30-11-13-32(14-12-30)41(44,45)46;1-51-22-21-46-19-17-32(18-20-46)47(24-27-9-11-28(12-10-27)29-13-15-31(16-14-29)40(43,44)45)37(50)25-48-35-8-3-2-6-33(35)36(49)23-38(48)52-26-30-5-4-7-34(41)39(30)42/h3-15,22-23,33H,16-21,24-26H2,1-2H3;2-16,23,32H,17-22,24-26H2,1H3/i2D3,3D,4D,5D,6D,7D,8D,9D,10D,11D,12D,13D,14D,15D,21D2,22D,23D,25D2;1D3,22D2,25D2. The number of piperidine rings is 2. The number of nitrogens with zero attached hydrogens (tertiary/aromatic N) is 6. The summed E-state index contributed by atoms with van der Waals surface area (Å²) in [4.78, 5) is 62.6. The molecule has 2 aliphatic heterocycles. The van der Waals surface area contributed by atoms with Crippen molar-refractivity contribution in [2.45, 2.75) is 105 Å². The van der Waals surface area contributed by atoms with Gasteiger partial charge in [0.05, 0.1) is 85.1 Å². The molecule has 0 spiro atoms. The van der Waals surface area contributed by atoms with E-state index in [-0.39, 0.29) is 114 Å². The topological polar surface area (TPSA) is 110 Å². The normalized spacial score (nSPS) is 18.9. The van der Waals surface area contributed by atoms with E-state index in [9.17, 15) is 59.4 Å². The smallest absolute Gasteiger partial charge is 0.383 e. The fraction of sp³-hybridized carbons (Fsp3) is 0.309. The lowest BCUT2D eigenvalue weighted by molar-refractivity contribution is -0.138. The van der Waals surface area contributed by atoms with Crippen molar-refractivity contribution in [2.24, 2.45) is 0 Å². The second-order valence-electron chi connectivity index (χ2n) is 23.8. The molecule has 2 amide bonds. The van der Waals surface area contributed by atoms with Crippen molar-refractivity contribution in [3.05, 3.63) is 270 Å². The first-order chi connectivity index (χ1) is 61.9. The summed E-state index contributed by atoms with van der Waals surface area (Å²) in [6.07, 6.45) is -10.0. The van der Waals surface area contributed by atoms with Crippen LogP contribution in [0.25, 0.3) is 44.1 Å². The zero-order chi connectivity index (χ0) is 99.8. The van der Waals surface area contributed by atoms with Crippen LogP contribution < -0.4 is 10.9 Å². The predicted molar refractivity (Wildman–Crippen MR) is 391 cm³/mol. The lowest BCUT2D eigenvalue weighted by atomic mass is 10.00. The maximum Gasteiger partial charge on any atom is 0.416 e. The molecule has 0 bridgehead atoms. The number of carbonyl (C=O) groups excluding carboxylic acids is 2. The van der Waals surface area contributed by atoms with Crippen LogP contribution in [0.2, 0.25) is 0 Å². The number of amides is 2. The second kappa shape index (κ2) is 34.9. The van der Waals surface area contributed by atoms with Crippen LogP contribution >= 0.6 is 23.5 Å². The van der Waals surface area contributed by atoms with Crippen molar-refractivity contribution in [3.63, 3.8) is 0 Å². The molecule has 0 radical (unpaired) electrons. The van der Waals surface area contributed by atoms with Gasteiger partial charge in [0.1, 0.15) is 13.0 Å². The summed E-state index contributed by atoms with van der Waals surface area (Å²) in [6, 6.07) is 2.47. The molecule has 2 fully saturated rings. The van der Waals surface area contributed by atoms with Crippen LogP contribution in [0.3, 0.4) is 0 Å². The average molecular weight is 1510 g/mol. The molecule has 2 aliphatic rings. The molecular formula is C81H78F10N6O6S2. The number of rotatable bonds is 24. The third-order valence-corrected chi connectivity index (χ3v) is 19.0. The average Bonchev–Trinajstić information content (AvgIpc) is 0.737. The van der Waals surface area contributed by atoms with Gasteiger partial charge in [0.2, 0.25) is 11.8 Å². The van der Waals surface area contributed by atoms with Gasteiger partial charge < -0.3 is 38.2 Å². The van der Waals surface area contributed by atoms with Crippen molar-refractivity contribution >= 4 is 57.1 Å². The molecule has 105 heavy (non-hydrogen) atoms. The highest BCUT2D eigenvalue weighted by molar-refractivity contribution is 7.98. The number of benzene rings is 8. The van der Waals surface area contributed by atoms with Crippen LogP contribution in [0, 0.1) is 30.2 Å². The molecule has 24 heteroatoms. The quantitative estimate of drug-likeness (QED) is 0.0428. The number of alkyl halides is 6. The van der Waals surface area contributed by atoms with E-state index in [2.05, 4.69) is 9.47 Å². The lowest BCUT2D eigenvalue weighted by Gasteiger charge is -2.39. The molecule has 12 rings (SSSR count). The Morgan fingerprint density at radius 1 is 0.533 bits per heavy atom. The molecule has 0 unspecified atom stereocenters. The first-order valence-electron chi connectivity index (χ1n) is 46.4. The van der Waals surface area contributed by atoms with Crippen LogP contribution in [-0.4, -0.2) is 119 Å². The Balaban J connectivity index is 0.000000265. The molecule has 12 nitrogen and oxygen atoms in total. The monoisotopic (exact) mass is 1510 g/mol. The number of hydrogen-bond donors (Lipinski definition) is 0. The van der Waals surface area contributed by atoms with Gasteiger partial charge in [0, 0.05) is 124 Å². The molecule has 0 saturated carbocycles. The third kappa shape index (κ3) is 19.5. The highest BCUT2D eigenvalue weighted by Gasteiger charge is 2.34. The minimum Gasteiger partial charge on any atom is -0.383 e. The van der Waals surface area contributed by atoms with E-state index in [0.29, 0.717) is 21.6 Å². The van der Waals surface area contributed by atoms with E-state index < -0.39 is 269 Å². The van der Waals surface area contributed by atoms with Crippen molar-refractivity contribution in [1.82, 2.24) is 28.7 Å². The zero-order valence-corrected chi connectivity index (χ0v) is 56.7. The van der Waals surface area contributed by atoms with Gasteiger partial charge in [-0.15, -0.1) is 23.5 Å². The van der Waals surface area contributed by atoms with Crippen molar-refractivity contribution < 1.29 is 103 Å². The van der Waals surface area contributed by atoms with Gasteiger partial charge in [0.25, 0.3) is 0 Å². The van der Waals surface area contributed by atoms with Gasteiger partial charge in [-0.1, -0.05) is 121 Å². The minimum absolute atomic E-state index is 0.0251. The summed E-state index contributed by atoms with van der Waals surface area (Å²) in [5, 5.41) is -1.74. The minimum atomic E-state index is -5.41. The lowest BCUT2D eigenvalue weighted by Crippen LogP contribution is -2.48. The molecule has 8 aromatic carbocycles. The van der Waals surface area contributed by atoms with Crippen LogP contribution in [0.1, 0.15) is 104 Å². The molecule has 4 heterocycles. The fourth-order valence-electron chi connectivity index (χ4n) is 11.5. The summed E-state index contributed by atoms with van der Waals surface area (Å²) in [5.41, 5.74) is -8.00. The van der Waals surface area contributed by atoms with E-state index in [1.54, 1.807) is 41.3 Å². The van der Waals surface area contributed by atoms with Gasteiger partial charge in [-0.3, -0.25) is 19.2 Å². The zero-order valence-electron chi connectivity index (χ0n) is 84.0. The third-order valence-electron chi connectivity index (χ3n) is 17.0. The number of ether oxygens (including phenoxy) is 2. The first kappa shape index (κ1) is 47.5. The second-order valence-corrected chi connectivity index (χ2v) is 25.7. The van der Waals surface area contributed by atoms with Crippen LogP contribution in [0.15, 0.2) is 207 Å². The predicted octanol–water partition coefficient (Wildman–Crippen LogP) is 17.1. The number of carbonyl (C=O) groups is 2. The van der Waals surface area contributed by atoms with Crippen LogP contribution in [0.4, 0.5) is 43.9 Å². The number of fused-ring (bicyclic) bond motifs is 2. The van der Waals surface area contributed by atoms with Crippen molar-refractivity contribution in [2.75, 3.05) is 66.5 Å². The van der Waals surface area contributed by atoms with Gasteiger partial charge in [-0.2, -0.15) is 26.3 Å². The van der Waals surface area contributed by atoms with E-state index >= 15 is 9.18 Å². The molecule has 0 N–H and O–H groups in total. The SMILES string of the molecule is [2H]C([2H])([2H])OC([2H])([2H])CN1CCC(N(Cc2ccc(-c3ccc(C(F)(F)F)cc3)cc2)C(=O)C([2H])([2H])n2c(SCc3cccc(F)c3F)cc(=O)c3ccccc32)CC1.[2H]c1c([2H])c(F)c(F)c(CSc2c([2H])c(=O)c3c([2H])c(C)c([2H])c([2H])c3n2C([2H])([2H])C(=O)N(Cc2c([2H])c([2H])c(-c3c([2H])c([2H])c(C(F)(F)F)c([2H])c3[2H])c([2H])c2[2H])C2CCN(CC([2H])([2H])OC([2H])([2H])[2H])CC2)c1[2H]. The molecular weight excluding hydrogens is 1410 g/mol. The van der Waals surface area contributed by atoms with Gasteiger partial charge >= 0.3 is 12.4 Å². The highest BCUT2D eigenvalue weighted by Crippen LogP contribution is 2.36. The van der Waals surface area contributed by atoms with Crippen LogP contribution in [-0.2, 0) is 69.0 Å². The number of pyridine rings is 2. The number of thioether (sulfide) groups is 2. The van der Waals surface area contributed by atoms with E-state index in [1.807, 2.05) is 0 Å².